The fourth-order valence-corrected chi connectivity index (χ4v) is 2.38. The van der Waals surface area contributed by atoms with Crippen molar-refractivity contribution >= 4 is 15.7 Å². The minimum atomic E-state index is -3.19. The summed E-state index contributed by atoms with van der Waals surface area (Å²) in [4.78, 5) is 11.0. The summed E-state index contributed by atoms with van der Waals surface area (Å²) in [6.07, 6.45) is 4.85. The van der Waals surface area contributed by atoms with E-state index in [1.165, 1.54) is 6.26 Å². The second-order valence-electron chi connectivity index (χ2n) is 4.50. The van der Waals surface area contributed by atoms with Gasteiger partial charge < -0.3 is 5.73 Å². The van der Waals surface area contributed by atoms with E-state index in [-0.39, 0.29) is 17.2 Å². The minimum Gasteiger partial charge on any atom is -0.370 e. The van der Waals surface area contributed by atoms with Gasteiger partial charge in [-0.25, -0.2) is 8.42 Å². The van der Waals surface area contributed by atoms with Crippen LogP contribution in [0.1, 0.15) is 6.42 Å². The maximum atomic E-state index is 11.4. The third kappa shape index (κ3) is 3.45. The van der Waals surface area contributed by atoms with E-state index in [2.05, 4.69) is 5.10 Å². The van der Waals surface area contributed by atoms with Crippen LogP contribution in [0, 0.1) is 0 Å². The number of sulfone groups is 1. The smallest absolute Gasteiger partial charge is 0.219 e. The molecular formula is C13H15N3O3S. The zero-order valence-electron chi connectivity index (χ0n) is 11.0. The van der Waals surface area contributed by atoms with Gasteiger partial charge in [0.05, 0.1) is 11.1 Å². The van der Waals surface area contributed by atoms with E-state index in [0.717, 1.165) is 11.1 Å². The monoisotopic (exact) mass is 293 g/mol. The zero-order valence-corrected chi connectivity index (χ0v) is 11.8. The van der Waals surface area contributed by atoms with Crippen molar-refractivity contribution in [1.29, 1.82) is 0 Å². The SMILES string of the molecule is CS(=O)(=O)c1ccc(-c2cnn(CCC(N)=O)c2)cc1. The molecule has 1 aromatic carbocycles. The lowest BCUT2D eigenvalue weighted by Gasteiger charge is -2.01. The van der Waals surface area contributed by atoms with Gasteiger partial charge in [-0.05, 0) is 17.7 Å². The molecule has 0 unspecified atom stereocenters. The number of aromatic nitrogens is 2. The summed E-state index contributed by atoms with van der Waals surface area (Å²) in [5.41, 5.74) is 6.80. The zero-order chi connectivity index (χ0) is 14.8. The van der Waals surface area contributed by atoms with Gasteiger partial charge in [-0.2, -0.15) is 5.10 Å². The number of benzene rings is 1. The number of aryl methyl sites for hydroxylation is 1. The van der Waals surface area contributed by atoms with E-state index < -0.39 is 9.84 Å². The van der Waals surface area contributed by atoms with Crippen LogP contribution in [0.5, 0.6) is 0 Å². The number of rotatable bonds is 5. The van der Waals surface area contributed by atoms with Crippen LogP contribution in [0.25, 0.3) is 11.1 Å². The highest BCUT2D eigenvalue weighted by atomic mass is 32.2. The van der Waals surface area contributed by atoms with Crippen molar-refractivity contribution in [3.8, 4) is 11.1 Å². The van der Waals surface area contributed by atoms with Crippen LogP contribution in [0.15, 0.2) is 41.6 Å². The predicted octanol–water partition coefficient (Wildman–Crippen LogP) is 0.829. The van der Waals surface area contributed by atoms with E-state index >= 15 is 0 Å². The molecule has 2 aromatic rings. The number of nitrogens with zero attached hydrogens (tertiary/aromatic N) is 2. The van der Waals surface area contributed by atoms with Gasteiger partial charge in [0.1, 0.15) is 0 Å². The molecule has 0 radical (unpaired) electrons. The minimum absolute atomic E-state index is 0.230. The number of hydrogen-bond acceptors (Lipinski definition) is 4. The van der Waals surface area contributed by atoms with Gasteiger partial charge in [0.25, 0.3) is 0 Å². The average molecular weight is 293 g/mol. The van der Waals surface area contributed by atoms with Crippen LogP contribution in [0.2, 0.25) is 0 Å². The van der Waals surface area contributed by atoms with E-state index in [4.69, 9.17) is 5.73 Å². The molecule has 6 nitrogen and oxygen atoms in total. The van der Waals surface area contributed by atoms with Gasteiger partial charge in [0.15, 0.2) is 9.84 Å². The number of primary amides is 1. The summed E-state index contributed by atoms with van der Waals surface area (Å²) < 4.78 is 24.4. The molecular weight excluding hydrogens is 278 g/mol. The number of hydrogen-bond donors (Lipinski definition) is 1. The van der Waals surface area contributed by atoms with E-state index in [1.807, 2.05) is 0 Å². The first kappa shape index (κ1) is 14.3. The molecule has 0 saturated carbocycles. The summed E-state index contributed by atoms with van der Waals surface area (Å²) in [7, 11) is -3.19. The number of amides is 1. The Morgan fingerprint density at radius 1 is 1.25 bits per heavy atom. The van der Waals surface area contributed by atoms with Crippen molar-refractivity contribution < 1.29 is 13.2 Å². The normalized spacial score (nSPS) is 11.4. The number of carbonyl (C=O) groups is 1. The van der Waals surface area contributed by atoms with E-state index in [1.54, 1.807) is 41.3 Å². The van der Waals surface area contributed by atoms with Crippen molar-refractivity contribution in [3.63, 3.8) is 0 Å². The standard InChI is InChI=1S/C13H15N3O3S/c1-20(18,19)12-4-2-10(3-5-12)11-8-15-16(9-11)7-6-13(14)17/h2-5,8-9H,6-7H2,1H3,(H2,14,17). The van der Waals surface area contributed by atoms with E-state index in [0.29, 0.717) is 6.54 Å². The Morgan fingerprint density at radius 3 is 2.45 bits per heavy atom. The molecule has 0 aliphatic rings. The van der Waals surface area contributed by atoms with Gasteiger partial charge in [-0.3, -0.25) is 9.48 Å². The molecule has 1 amide bonds. The van der Waals surface area contributed by atoms with Crippen LogP contribution >= 0.6 is 0 Å². The first-order chi connectivity index (χ1) is 9.36. The molecule has 0 aliphatic carbocycles. The molecule has 106 valence electrons. The maximum Gasteiger partial charge on any atom is 0.219 e. The predicted molar refractivity (Wildman–Crippen MR) is 74.6 cm³/mol. The number of carbonyl (C=O) groups excluding carboxylic acids is 1. The molecule has 2 rings (SSSR count). The van der Waals surface area contributed by atoms with Crippen LogP contribution in [-0.4, -0.2) is 30.4 Å². The third-order valence-electron chi connectivity index (χ3n) is 2.84. The highest BCUT2D eigenvalue weighted by Gasteiger charge is 2.08. The highest BCUT2D eigenvalue weighted by molar-refractivity contribution is 7.90. The maximum absolute atomic E-state index is 11.4. The molecule has 0 aliphatic heterocycles. The summed E-state index contributed by atoms with van der Waals surface area (Å²) in [5, 5.41) is 4.13. The van der Waals surface area contributed by atoms with Gasteiger partial charge >= 0.3 is 0 Å². The lowest BCUT2D eigenvalue weighted by Crippen LogP contribution is -2.13. The van der Waals surface area contributed by atoms with Crippen LogP contribution in [0.4, 0.5) is 0 Å². The summed E-state index contributed by atoms with van der Waals surface area (Å²) in [6, 6.07) is 6.58. The fraction of sp³-hybridized carbons (Fsp3) is 0.231. The first-order valence-corrected chi connectivity index (χ1v) is 7.86. The van der Waals surface area contributed by atoms with Crippen LogP contribution < -0.4 is 5.73 Å². The lowest BCUT2D eigenvalue weighted by molar-refractivity contribution is -0.118. The molecule has 0 fully saturated rings. The topological polar surface area (TPSA) is 95.1 Å². The molecule has 0 atom stereocenters. The second-order valence-corrected chi connectivity index (χ2v) is 6.52. The fourth-order valence-electron chi connectivity index (χ4n) is 1.75. The van der Waals surface area contributed by atoms with Gasteiger partial charge in [-0.1, -0.05) is 12.1 Å². The van der Waals surface area contributed by atoms with Crippen LogP contribution in [0.3, 0.4) is 0 Å². The lowest BCUT2D eigenvalue weighted by atomic mass is 10.1. The average Bonchev–Trinajstić information content (AvgIpc) is 2.84. The van der Waals surface area contributed by atoms with Crippen molar-refractivity contribution in [2.24, 2.45) is 5.73 Å². The van der Waals surface area contributed by atoms with Crippen LogP contribution in [-0.2, 0) is 21.2 Å². The quantitative estimate of drug-likeness (QED) is 0.883. The molecule has 1 aromatic heterocycles. The Kier molecular flexibility index (Phi) is 3.89. The molecule has 2 N–H and O–H groups in total. The van der Waals surface area contributed by atoms with E-state index in [9.17, 15) is 13.2 Å². The Labute approximate surface area is 117 Å². The van der Waals surface area contributed by atoms with Gasteiger partial charge in [-0.15, -0.1) is 0 Å². The Morgan fingerprint density at radius 2 is 1.90 bits per heavy atom. The highest BCUT2D eigenvalue weighted by Crippen LogP contribution is 2.20. The van der Waals surface area contributed by atoms with Gasteiger partial charge in [0, 0.05) is 31.0 Å². The Hall–Kier alpha value is -2.15. The molecule has 0 spiro atoms. The molecule has 0 bridgehead atoms. The van der Waals surface area contributed by atoms with Crippen molar-refractivity contribution in [1.82, 2.24) is 9.78 Å². The van der Waals surface area contributed by atoms with Gasteiger partial charge in [0.2, 0.25) is 5.91 Å². The summed E-state index contributed by atoms with van der Waals surface area (Å²) >= 11 is 0. The Bertz CT molecular complexity index is 718. The molecule has 1 heterocycles. The van der Waals surface area contributed by atoms with Crippen molar-refractivity contribution in [2.75, 3.05) is 6.26 Å². The molecule has 0 saturated heterocycles. The molecule has 20 heavy (non-hydrogen) atoms. The summed E-state index contributed by atoms with van der Waals surface area (Å²) in [5.74, 6) is -0.375. The number of nitrogens with two attached hydrogens (primary N) is 1. The van der Waals surface area contributed by atoms with Crippen molar-refractivity contribution in [3.05, 3.63) is 36.7 Å². The third-order valence-corrected chi connectivity index (χ3v) is 3.96. The largest absolute Gasteiger partial charge is 0.370 e. The second kappa shape index (κ2) is 5.46. The van der Waals surface area contributed by atoms with Crippen molar-refractivity contribution in [2.45, 2.75) is 17.9 Å². The Balaban J connectivity index is 2.18. The first-order valence-electron chi connectivity index (χ1n) is 5.97. The molecule has 7 heteroatoms. The summed E-state index contributed by atoms with van der Waals surface area (Å²) in [6.45, 7) is 0.427.